The first-order valence-electron chi connectivity index (χ1n) is 6.13. The number of sulfonamides is 1. The van der Waals surface area contributed by atoms with E-state index in [-0.39, 0.29) is 5.88 Å². The van der Waals surface area contributed by atoms with Gasteiger partial charge in [-0.1, -0.05) is 13.3 Å². The highest BCUT2D eigenvalue weighted by atomic mass is 35.5. The first kappa shape index (κ1) is 14.3. The van der Waals surface area contributed by atoms with Crippen LogP contribution in [0.5, 0.6) is 0 Å². The number of halogens is 1. The van der Waals surface area contributed by atoms with Crippen LogP contribution in [0.4, 0.5) is 0 Å². The molecule has 102 valence electrons. The van der Waals surface area contributed by atoms with E-state index < -0.39 is 10.0 Å². The number of thiophene rings is 1. The highest BCUT2D eigenvalue weighted by Gasteiger charge is 2.34. The fourth-order valence-electron chi connectivity index (χ4n) is 2.40. The maximum atomic E-state index is 12.6. The average Bonchev–Trinajstić information content (AvgIpc) is 2.95. The molecule has 1 unspecified atom stereocenters. The fraction of sp³-hybridized carbons (Fsp3) is 0.667. The first-order chi connectivity index (χ1) is 8.50. The second-order valence-corrected chi connectivity index (χ2v) is 7.84. The lowest BCUT2D eigenvalue weighted by Gasteiger charge is -2.17. The van der Waals surface area contributed by atoms with Crippen LogP contribution < -0.4 is 0 Å². The predicted molar refractivity (Wildman–Crippen MR) is 75.8 cm³/mol. The van der Waals surface area contributed by atoms with Crippen molar-refractivity contribution in [2.24, 2.45) is 5.92 Å². The van der Waals surface area contributed by atoms with Gasteiger partial charge in [-0.25, -0.2) is 8.42 Å². The van der Waals surface area contributed by atoms with Gasteiger partial charge in [-0.15, -0.1) is 22.9 Å². The van der Waals surface area contributed by atoms with Crippen LogP contribution in [0.25, 0.3) is 0 Å². The van der Waals surface area contributed by atoms with Crippen LogP contribution in [0.3, 0.4) is 0 Å². The van der Waals surface area contributed by atoms with Crippen LogP contribution in [-0.4, -0.2) is 25.8 Å². The summed E-state index contributed by atoms with van der Waals surface area (Å²) in [6.45, 7) is 5.24. The zero-order valence-electron chi connectivity index (χ0n) is 10.6. The summed E-state index contributed by atoms with van der Waals surface area (Å²) >= 11 is 7.27. The highest BCUT2D eigenvalue weighted by molar-refractivity contribution is 7.89. The van der Waals surface area contributed by atoms with Crippen molar-refractivity contribution < 1.29 is 8.42 Å². The number of rotatable bonds is 4. The summed E-state index contributed by atoms with van der Waals surface area (Å²) in [6, 6.07) is 0. The Morgan fingerprint density at radius 2 is 2.28 bits per heavy atom. The molecule has 0 saturated carbocycles. The lowest BCUT2D eigenvalue weighted by molar-refractivity contribution is 0.452. The molecular formula is C12H18ClNO2S2. The van der Waals surface area contributed by atoms with Gasteiger partial charge < -0.3 is 0 Å². The number of hydrogen-bond acceptors (Lipinski definition) is 3. The monoisotopic (exact) mass is 307 g/mol. The fourth-order valence-corrected chi connectivity index (χ4v) is 5.95. The summed E-state index contributed by atoms with van der Waals surface area (Å²) < 4.78 is 26.9. The van der Waals surface area contributed by atoms with Gasteiger partial charge in [0.2, 0.25) is 10.0 Å². The van der Waals surface area contributed by atoms with Gasteiger partial charge >= 0.3 is 0 Å². The van der Waals surface area contributed by atoms with Crippen LogP contribution in [-0.2, 0) is 15.9 Å². The maximum Gasteiger partial charge on any atom is 0.244 e. The molecule has 0 amide bonds. The Morgan fingerprint density at radius 3 is 2.83 bits per heavy atom. The third kappa shape index (κ3) is 2.46. The van der Waals surface area contributed by atoms with Crippen molar-refractivity contribution >= 4 is 33.0 Å². The van der Waals surface area contributed by atoms with E-state index in [0.717, 1.165) is 23.3 Å². The molecule has 0 spiro atoms. The van der Waals surface area contributed by atoms with E-state index >= 15 is 0 Å². The third-order valence-corrected chi connectivity index (χ3v) is 7.29. The molecule has 1 aromatic heterocycles. The van der Waals surface area contributed by atoms with Gasteiger partial charge in [0.1, 0.15) is 4.90 Å². The summed E-state index contributed by atoms with van der Waals surface area (Å²) in [5.74, 6) is 0.760. The number of nitrogens with zero attached hydrogens (tertiary/aromatic N) is 1. The quantitative estimate of drug-likeness (QED) is 0.801. The van der Waals surface area contributed by atoms with Crippen LogP contribution in [0.2, 0.25) is 0 Å². The van der Waals surface area contributed by atoms with E-state index in [1.165, 1.54) is 11.3 Å². The standard InChI is InChI=1S/C12H18ClNO2S2/c1-3-10-4-5-14(7-10)18(15,16)12-9(2)8-17-11(12)6-13/h8,10H,3-7H2,1-2H3. The molecule has 0 aromatic carbocycles. The molecule has 0 radical (unpaired) electrons. The van der Waals surface area contributed by atoms with Crippen LogP contribution in [0.15, 0.2) is 10.3 Å². The van der Waals surface area contributed by atoms with Crippen molar-refractivity contribution in [2.45, 2.75) is 37.5 Å². The Morgan fingerprint density at radius 1 is 1.56 bits per heavy atom. The molecule has 1 saturated heterocycles. The van der Waals surface area contributed by atoms with Gasteiger partial charge in [-0.2, -0.15) is 4.31 Å². The number of aryl methyl sites for hydroxylation is 1. The summed E-state index contributed by atoms with van der Waals surface area (Å²) in [5, 5.41) is 1.87. The van der Waals surface area contributed by atoms with Crippen molar-refractivity contribution in [1.82, 2.24) is 4.31 Å². The van der Waals surface area contributed by atoms with Crippen molar-refractivity contribution in [3.05, 3.63) is 15.8 Å². The molecule has 0 aliphatic carbocycles. The molecule has 1 atom stereocenters. The van der Waals surface area contributed by atoms with E-state index in [1.807, 2.05) is 12.3 Å². The summed E-state index contributed by atoms with van der Waals surface area (Å²) in [4.78, 5) is 1.20. The smallest absolute Gasteiger partial charge is 0.207 e. The van der Waals surface area contributed by atoms with Gasteiger partial charge in [0.05, 0.1) is 5.88 Å². The normalized spacial score (nSPS) is 21.6. The SMILES string of the molecule is CCC1CCN(S(=O)(=O)c2c(C)csc2CCl)C1. The molecular weight excluding hydrogens is 290 g/mol. The topological polar surface area (TPSA) is 37.4 Å². The van der Waals surface area contributed by atoms with Crippen molar-refractivity contribution in [1.29, 1.82) is 0 Å². The van der Waals surface area contributed by atoms with E-state index in [4.69, 9.17) is 11.6 Å². The van der Waals surface area contributed by atoms with Gasteiger partial charge in [0.25, 0.3) is 0 Å². The van der Waals surface area contributed by atoms with Crippen molar-refractivity contribution in [2.75, 3.05) is 13.1 Å². The zero-order valence-corrected chi connectivity index (χ0v) is 13.0. The number of alkyl halides is 1. The molecule has 1 aliphatic heterocycles. The molecule has 1 fully saturated rings. The molecule has 18 heavy (non-hydrogen) atoms. The Balaban J connectivity index is 2.34. The Bertz CT molecular complexity index is 524. The van der Waals surface area contributed by atoms with Crippen LogP contribution >= 0.6 is 22.9 Å². The molecule has 2 heterocycles. The molecule has 1 aliphatic rings. The lowest BCUT2D eigenvalue weighted by Crippen LogP contribution is -2.29. The van der Waals surface area contributed by atoms with Gasteiger partial charge in [-0.3, -0.25) is 0 Å². The summed E-state index contributed by atoms with van der Waals surface area (Å²) in [7, 11) is -3.35. The van der Waals surface area contributed by atoms with Crippen molar-refractivity contribution in [3.63, 3.8) is 0 Å². The minimum atomic E-state index is -3.35. The Hall–Kier alpha value is -0.100. The Labute approximate surface area is 118 Å². The second-order valence-electron chi connectivity index (χ2n) is 4.73. The van der Waals surface area contributed by atoms with Crippen molar-refractivity contribution in [3.8, 4) is 0 Å². The van der Waals surface area contributed by atoms with Gasteiger partial charge in [0.15, 0.2) is 0 Å². The number of hydrogen-bond donors (Lipinski definition) is 0. The van der Waals surface area contributed by atoms with Gasteiger partial charge in [0, 0.05) is 18.0 Å². The molecule has 1 aromatic rings. The summed E-state index contributed by atoms with van der Waals surface area (Å²) in [5.41, 5.74) is 0.815. The minimum Gasteiger partial charge on any atom is -0.207 e. The largest absolute Gasteiger partial charge is 0.244 e. The Kier molecular flexibility index (Phi) is 4.36. The van der Waals surface area contributed by atoms with Crippen LogP contribution in [0, 0.1) is 12.8 Å². The van der Waals surface area contributed by atoms with Crippen LogP contribution in [0.1, 0.15) is 30.2 Å². The summed E-state index contributed by atoms with van der Waals surface area (Å²) in [6.07, 6.45) is 2.01. The van der Waals surface area contributed by atoms with E-state index in [0.29, 0.717) is 23.9 Å². The van der Waals surface area contributed by atoms with E-state index in [2.05, 4.69) is 6.92 Å². The van der Waals surface area contributed by atoms with Gasteiger partial charge in [-0.05, 0) is 30.2 Å². The third-order valence-electron chi connectivity index (χ3n) is 3.53. The molecule has 3 nitrogen and oxygen atoms in total. The highest BCUT2D eigenvalue weighted by Crippen LogP contribution is 2.33. The maximum absolute atomic E-state index is 12.6. The lowest BCUT2D eigenvalue weighted by atomic mass is 10.1. The minimum absolute atomic E-state index is 0.262. The molecule has 0 bridgehead atoms. The van der Waals surface area contributed by atoms with E-state index in [9.17, 15) is 8.42 Å². The van der Waals surface area contributed by atoms with E-state index in [1.54, 1.807) is 4.31 Å². The zero-order chi connectivity index (χ0) is 13.3. The average molecular weight is 308 g/mol. The molecule has 6 heteroatoms. The molecule has 2 rings (SSSR count). The second kappa shape index (κ2) is 5.49. The molecule has 0 N–H and O–H groups in total. The first-order valence-corrected chi connectivity index (χ1v) is 8.99. The predicted octanol–water partition coefficient (Wildman–Crippen LogP) is 3.22.